The number of carbonyl (C=O) groups is 2. The Balaban J connectivity index is 1.74. The van der Waals surface area contributed by atoms with Crippen molar-refractivity contribution in [3.63, 3.8) is 0 Å². The first-order valence-electron chi connectivity index (χ1n) is 7.40. The lowest BCUT2D eigenvalue weighted by Crippen LogP contribution is -2.38. The van der Waals surface area contributed by atoms with Crippen molar-refractivity contribution >= 4 is 44.9 Å². The van der Waals surface area contributed by atoms with Crippen LogP contribution in [0.5, 0.6) is 5.75 Å². The second-order valence-corrected chi connectivity index (χ2v) is 7.34. The number of imide groups is 1. The van der Waals surface area contributed by atoms with Crippen LogP contribution in [0.15, 0.2) is 27.6 Å². The number of hydrogen-bond donors (Lipinski definition) is 1. The molecule has 2 aliphatic heterocycles. The van der Waals surface area contributed by atoms with Gasteiger partial charge in [-0.2, -0.15) is 0 Å². The summed E-state index contributed by atoms with van der Waals surface area (Å²) < 4.78 is 6.15. The predicted octanol–water partition coefficient (Wildman–Crippen LogP) is 3.76. The molecule has 3 rings (SSSR count). The third-order valence-electron chi connectivity index (χ3n) is 3.80. The zero-order valence-electron chi connectivity index (χ0n) is 12.3. The molecule has 1 unspecified atom stereocenters. The Hall–Kier alpha value is -1.31. The Morgan fingerprint density at radius 2 is 2.22 bits per heavy atom. The van der Waals surface area contributed by atoms with Gasteiger partial charge in [-0.05, 0) is 70.7 Å². The van der Waals surface area contributed by atoms with Crippen molar-refractivity contribution in [1.82, 2.24) is 4.90 Å². The van der Waals surface area contributed by atoms with Crippen LogP contribution in [-0.2, 0) is 9.53 Å². The standard InChI is InChI=1S/C16H16BrNO4S/c17-12-7-10(4-5-13(12)19)8-14-15(20)18(16(21)23-14)9-11-3-1-2-6-22-11/h4-5,7-8,11,19H,1-3,6,9H2. The minimum absolute atomic E-state index is 0.0561. The highest BCUT2D eigenvalue weighted by Crippen LogP contribution is 2.34. The number of ether oxygens (including phenoxy) is 1. The van der Waals surface area contributed by atoms with E-state index in [1.165, 1.54) is 11.0 Å². The Morgan fingerprint density at radius 3 is 2.91 bits per heavy atom. The first-order valence-corrected chi connectivity index (χ1v) is 9.01. The van der Waals surface area contributed by atoms with Crippen LogP contribution in [0, 0.1) is 0 Å². The fourth-order valence-electron chi connectivity index (χ4n) is 2.58. The van der Waals surface area contributed by atoms with Crippen molar-refractivity contribution in [2.24, 2.45) is 0 Å². The van der Waals surface area contributed by atoms with Crippen LogP contribution >= 0.6 is 27.7 Å². The van der Waals surface area contributed by atoms with Gasteiger partial charge in [-0.3, -0.25) is 14.5 Å². The Morgan fingerprint density at radius 1 is 1.39 bits per heavy atom. The van der Waals surface area contributed by atoms with E-state index in [-0.39, 0.29) is 23.0 Å². The minimum atomic E-state index is -0.279. The molecule has 0 spiro atoms. The highest BCUT2D eigenvalue weighted by Gasteiger charge is 2.36. The normalized spacial score (nSPS) is 23.8. The number of thioether (sulfide) groups is 1. The predicted molar refractivity (Wildman–Crippen MR) is 92.1 cm³/mol. The minimum Gasteiger partial charge on any atom is -0.507 e. The summed E-state index contributed by atoms with van der Waals surface area (Å²) in [4.78, 5) is 26.2. The Bertz CT molecular complexity index is 670. The molecule has 122 valence electrons. The van der Waals surface area contributed by atoms with E-state index in [4.69, 9.17) is 4.74 Å². The van der Waals surface area contributed by atoms with E-state index in [2.05, 4.69) is 15.9 Å². The van der Waals surface area contributed by atoms with Crippen LogP contribution in [0.3, 0.4) is 0 Å². The second-order valence-electron chi connectivity index (χ2n) is 5.49. The number of nitrogens with zero attached hydrogens (tertiary/aromatic N) is 1. The molecule has 2 fully saturated rings. The van der Waals surface area contributed by atoms with Crippen LogP contribution in [0.1, 0.15) is 24.8 Å². The summed E-state index contributed by atoms with van der Waals surface area (Å²) in [5.74, 6) is -0.150. The second kappa shape index (κ2) is 7.07. The molecule has 5 nitrogen and oxygen atoms in total. The molecular formula is C16H16BrNO4S. The summed E-state index contributed by atoms with van der Waals surface area (Å²) in [6, 6.07) is 4.93. The summed E-state index contributed by atoms with van der Waals surface area (Å²) in [6.07, 6.45) is 4.59. The van der Waals surface area contributed by atoms with Crippen LogP contribution in [0.25, 0.3) is 6.08 Å². The SMILES string of the molecule is O=C1SC(=Cc2ccc(O)c(Br)c2)C(=O)N1CC1CCCCO1. The molecule has 7 heteroatoms. The molecule has 0 aliphatic carbocycles. The highest BCUT2D eigenvalue weighted by molar-refractivity contribution is 9.10. The molecule has 0 bridgehead atoms. The number of rotatable bonds is 3. The van der Waals surface area contributed by atoms with Gasteiger partial charge in [0.2, 0.25) is 0 Å². The number of hydrogen-bond acceptors (Lipinski definition) is 5. The van der Waals surface area contributed by atoms with Gasteiger partial charge >= 0.3 is 0 Å². The first kappa shape index (κ1) is 16.5. The average Bonchev–Trinajstić information content (AvgIpc) is 2.80. The molecule has 0 radical (unpaired) electrons. The summed E-state index contributed by atoms with van der Waals surface area (Å²) in [6.45, 7) is 1.01. The fraction of sp³-hybridized carbons (Fsp3) is 0.375. The first-order chi connectivity index (χ1) is 11.0. The van der Waals surface area contributed by atoms with Gasteiger partial charge in [-0.25, -0.2) is 0 Å². The lowest BCUT2D eigenvalue weighted by molar-refractivity contribution is -0.124. The monoisotopic (exact) mass is 397 g/mol. The summed E-state index contributed by atoms with van der Waals surface area (Å²) in [5, 5.41) is 9.25. The van der Waals surface area contributed by atoms with Crippen molar-refractivity contribution in [3.8, 4) is 5.75 Å². The van der Waals surface area contributed by atoms with Crippen LogP contribution in [0.2, 0.25) is 0 Å². The molecule has 1 atom stereocenters. The molecule has 0 aromatic heterocycles. The third-order valence-corrected chi connectivity index (χ3v) is 5.35. The number of carbonyl (C=O) groups excluding carboxylic acids is 2. The quantitative estimate of drug-likeness (QED) is 0.786. The van der Waals surface area contributed by atoms with E-state index in [0.29, 0.717) is 22.5 Å². The molecule has 1 aromatic carbocycles. The average molecular weight is 398 g/mol. The zero-order valence-corrected chi connectivity index (χ0v) is 14.7. The van der Waals surface area contributed by atoms with Crippen molar-refractivity contribution in [1.29, 1.82) is 0 Å². The van der Waals surface area contributed by atoms with E-state index in [1.807, 2.05) is 0 Å². The molecule has 2 heterocycles. The van der Waals surface area contributed by atoms with E-state index in [0.717, 1.165) is 36.6 Å². The van der Waals surface area contributed by atoms with E-state index >= 15 is 0 Å². The number of phenols is 1. The van der Waals surface area contributed by atoms with Gasteiger partial charge in [0.15, 0.2) is 0 Å². The van der Waals surface area contributed by atoms with Gasteiger partial charge in [0.1, 0.15) is 5.75 Å². The number of halogens is 1. The maximum Gasteiger partial charge on any atom is 0.293 e. The van der Waals surface area contributed by atoms with Crippen molar-refractivity contribution < 1.29 is 19.4 Å². The van der Waals surface area contributed by atoms with Crippen LogP contribution in [-0.4, -0.2) is 40.4 Å². The van der Waals surface area contributed by atoms with Crippen molar-refractivity contribution in [3.05, 3.63) is 33.1 Å². The largest absolute Gasteiger partial charge is 0.507 e. The van der Waals surface area contributed by atoms with E-state index in [1.54, 1.807) is 18.2 Å². The molecule has 23 heavy (non-hydrogen) atoms. The van der Waals surface area contributed by atoms with Crippen molar-refractivity contribution in [2.45, 2.75) is 25.4 Å². The summed E-state index contributed by atoms with van der Waals surface area (Å²) in [7, 11) is 0. The molecule has 0 saturated carbocycles. The lowest BCUT2D eigenvalue weighted by Gasteiger charge is -2.25. The highest BCUT2D eigenvalue weighted by atomic mass is 79.9. The van der Waals surface area contributed by atoms with Gasteiger partial charge in [-0.15, -0.1) is 0 Å². The summed E-state index contributed by atoms with van der Waals surface area (Å²) in [5.41, 5.74) is 0.745. The van der Waals surface area contributed by atoms with E-state index in [9.17, 15) is 14.7 Å². The van der Waals surface area contributed by atoms with E-state index < -0.39 is 0 Å². The third kappa shape index (κ3) is 3.79. The zero-order chi connectivity index (χ0) is 16.4. The number of aromatic hydroxyl groups is 1. The maximum absolute atomic E-state index is 12.4. The number of phenolic OH excluding ortho intramolecular Hbond substituents is 1. The maximum atomic E-state index is 12.4. The van der Waals surface area contributed by atoms with Gasteiger partial charge in [0.25, 0.3) is 11.1 Å². The van der Waals surface area contributed by atoms with Crippen LogP contribution < -0.4 is 0 Å². The number of benzene rings is 1. The summed E-state index contributed by atoms with van der Waals surface area (Å²) >= 11 is 4.18. The molecular weight excluding hydrogens is 382 g/mol. The molecule has 2 saturated heterocycles. The smallest absolute Gasteiger partial charge is 0.293 e. The van der Waals surface area contributed by atoms with Gasteiger partial charge in [0, 0.05) is 6.61 Å². The molecule has 1 aromatic rings. The molecule has 2 aliphatic rings. The molecule has 2 amide bonds. The lowest BCUT2D eigenvalue weighted by atomic mass is 10.1. The Labute approximate surface area is 146 Å². The number of amides is 2. The van der Waals surface area contributed by atoms with Crippen molar-refractivity contribution in [2.75, 3.05) is 13.2 Å². The Kier molecular flexibility index (Phi) is 5.08. The van der Waals surface area contributed by atoms with Gasteiger partial charge in [0.05, 0.1) is 22.0 Å². The van der Waals surface area contributed by atoms with Gasteiger partial charge in [-0.1, -0.05) is 6.07 Å². The van der Waals surface area contributed by atoms with Crippen LogP contribution in [0.4, 0.5) is 4.79 Å². The topological polar surface area (TPSA) is 66.8 Å². The fourth-order valence-corrected chi connectivity index (χ4v) is 3.82. The molecule has 1 N–H and O–H groups in total. The van der Waals surface area contributed by atoms with Gasteiger partial charge < -0.3 is 9.84 Å².